The Labute approximate surface area is 109 Å². The fourth-order valence-electron chi connectivity index (χ4n) is 2.16. The molecule has 18 heavy (non-hydrogen) atoms. The zero-order valence-electron chi connectivity index (χ0n) is 9.54. The van der Waals surface area contributed by atoms with E-state index >= 15 is 0 Å². The summed E-state index contributed by atoms with van der Waals surface area (Å²) in [6.45, 7) is -0.0421. The number of nitrogens with zero attached hydrogens (tertiary/aromatic N) is 3. The van der Waals surface area contributed by atoms with Gasteiger partial charge in [-0.15, -0.1) is 0 Å². The SMILES string of the molecule is N=Nc1c(Cl)ncnc1NC1CCC(CO)C1O. The number of hydrogen-bond acceptors (Lipinski definition) is 7. The molecule has 2 rings (SSSR count). The minimum absolute atomic E-state index is 0.0421. The summed E-state index contributed by atoms with van der Waals surface area (Å²) >= 11 is 5.80. The van der Waals surface area contributed by atoms with Gasteiger partial charge in [-0.1, -0.05) is 11.6 Å². The molecule has 3 unspecified atom stereocenters. The average molecular weight is 272 g/mol. The first-order valence-corrected chi connectivity index (χ1v) is 5.98. The number of aromatic nitrogens is 2. The minimum Gasteiger partial charge on any atom is -0.396 e. The van der Waals surface area contributed by atoms with Crippen LogP contribution in [0.15, 0.2) is 11.4 Å². The second kappa shape index (κ2) is 5.55. The molecule has 98 valence electrons. The highest BCUT2D eigenvalue weighted by atomic mass is 35.5. The number of rotatable bonds is 4. The Balaban J connectivity index is 2.15. The number of hydrogen-bond donors (Lipinski definition) is 4. The number of aliphatic hydroxyl groups excluding tert-OH is 2. The van der Waals surface area contributed by atoms with Crippen LogP contribution in [0.25, 0.3) is 0 Å². The molecule has 0 spiro atoms. The summed E-state index contributed by atoms with van der Waals surface area (Å²) < 4.78 is 0. The third kappa shape index (κ3) is 2.43. The Morgan fingerprint density at radius 3 is 2.89 bits per heavy atom. The number of halogens is 1. The van der Waals surface area contributed by atoms with Gasteiger partial charge in [-0.25, -0.2) is 15.5 Å². The predicted molar refractivity (Wildman–Crippen MR) is 65.1 cm³/mol. The smallest absolute Gasteiger partial charge is 0.165 e. The van der Waals surface area contributed by atoms with E-state index in [9.17, 15) is 5.11 Å². The fraction of sp³-hybridized carbons (Fsp3) is 0.600. The summed E-state index contributed by atoms with van der Waals surface area (Å²) in [4.78, 5) is 7.70. The first kappa shape index (κ1) is 13.1. The van der Waals surface area contributed by atoms with Crippen LogP contribution in [0.3, 0.4) is 0 Å². The molecule has 1 heterocycles. The normalized spacial score (nSPS) is 27.2. The maximum Gasteiger partial charge on any atom is 0.165 e. The first-order chi connectivity index (χ1) is 8.67. The van der Waals surface area contributed by atoms with Gasteiger partial charge in [-0.3, -0.25) is 0 Å². The van der Waals surface area contributed by atoms with Crippen molar-refractivity contribution < 1.29 is 10.2 Å². The first-order valence-electron chi connectivity index (χ1n) is 5.60. The molecule has 1 aliphatic carbocycles. The maximum atomic E-state index is 9.97. The topological polar surface area (TPSA) is 114 Å². The van der Waals surface area contributed by atoms with E-state index in [0.29, 0.717) is 12.2 Å². The van der Waals surface area contributed by atoms with E-state index in [1.807, 2.05) is 0 Å². The summed E-state index contributed by atoms with van der Waals surface area (Å²) in [6, 6.07) is -0.228. The van der Waals surface area contributed by atoms with Crippen LogP contribution in [-0.4, -0.2) is 38.9 Å². The fourth-order valence-corrected chi connectivity index (χ4v) is 2.33. The van der Waals surface area contributed by atoms with Crippen molar-refractivity contribution in [1.82, 2.24) is 9.97 Å². The van der Waals surface area contributed by atoms with Crippen molar-refractivity contribution >= 4 is 23.1 Å². The van der Waals surface area contributed by atoms with Crippen molar-refractivity contribution in [2.75, 3.05) is 11.9 Å². The molecule has 0 radical (unpaired) electrons. The van der Waals surface area contributed by atoms with Crippen molar-refractivity contribution in [3.05, 3.63) is 11.5 Å². The standard InChI is InChI=1S/C10H14ClN5O2/c11-9-7(16-12)10(14-4-13-9)15-6-2-1-5(3-17)8(6)18/h4-6,8,12,17-18H,1-3H2,(H,13,14,15). The largest absolute Gasteiger partial charge is 0.396 e. The van der Waals surface area contributed by atoms with Crippen molar-refractivity contribution in [3.63, 3.8) is 0 Å². The Kier molecular flexibility index (Phi) is 4.05. The summed E-state index contributed by atoms with van der Waals surface area (Å²) in [5.41, 5.74) is 7.20. The van der Waals surface area contributed by atoms with Crippen LogP contribution in [0.4, 0.5) is 11.5 Å². The predicted octanol–water partition coefficient (Wildman–Crippen LogP) is 1.34. The molecule has 0 bridgehead atoms. The molecule has 0 amide bonds. The Morgan fingerprint density at radius 2 is 2.28 bits per heavy atom. The van der Waals surface area contributed by atoms with E-state index in [0.717, 1.165) is 6.42 Å². The van der Waals surface area contributed by atoms with Crippen molar-refractivity contribution in [1.29, 1.82) is 5.53 Å². The quantitative estimate of drug-likeness (QED) is 0.487. The average Bonchev–Trinajstić information content (AvgIpc) is 2.71. The molecule has 1 aromatic heterocycles. The molecular formula is C10H14ClN5O2. The van der Waals surface area contributed by atoms with Crippen LogP contribution in [0.2, 0.25) is 5.15 Å². The summed E-state index contributed by atoms with van der Waals surface area (Å²) in [6.07, 6.45) is 2.07. The Morgan fingerprint density at radius 1 is 1.50 bits per heavy atom. The Bertz CT molecular complexity index is 444. The van der Waals surface area contributed by atoms with Gasteiger partial charge in [0, 0.05) is 12.5 Å². The number of aliphatic hydroxyl groups is 2. The second-order valence-corrected chi connectivity index (χ2v) is 4.59. The molecule has 1 fully saturated rings. The highest BCUT2D eigenvalue weighted by molar-refractivity contribution is 6.32. The molecule has 0 aliphatic heterocycles. The molecule has 4 N–H and O–H groups in total. The molecule has 0 aromatic carbocycles. The Hall–Kier alpha value is -1.31. The molecule has 3 atom stereocenters. The zero-order chi connectivity index (χ0) is 13.1. The molecule has 1 saturated carbocycles. The van der Waals surface area contributed by atoms with Gasteiger partial charge in [0.05, 0.1) is 12.1 Å². The summed E-state index contributed by atoms with van der Waals surface area (Å²) in [5.74, 6) is 0.198. The lowest BCUT2D eigenvalue weighted by atomic mass is 10.1. The van der Waals surface area contributed by atoms with Gasteiger partial charge >= 0.3 is 0 Å². The van der Waals surface area contributed by atoms with Gasteiger partial charge in [0.1, 0.15) is 6.33 Å². The maximum absolute atomic E-state index is 9.97. The molecule has 1 aliphatic rings. The van der Waals surface area contributed by atoms with E-state index in [4.69, 9.17) is 22.2 Å². The molecule has 7 nitrogen and oxygen atoms in total. The zero-order valence-corrected chi connectivity index (χ0v) is 10.3. The van der Waals surface area contributed by atoms with Crippen LogP contribution >= 0.6 is 11.6 Å². The lowest BCUT2D eigenvalue weighted by molar-refractivity contribution is 0.0846. The van der Waals surface area contributed by atoms with E-state index in [1.54, 1.807) is 0 Å². The number of nitrogens with one attached hydrogen (secondary N) is 2. The van der Waals surface area contributed by atoms with Gasteiger partial charge in [0.25, 0.3) is 0 Å². The third-order valence-electron chi connectivity index (χ3n) is 3.19. The number of anilines is 1. The van der Waals surface area contributed by atoms with E-state index < -0.39 is 6.10 Å². The molecule has 1 aromatic rings. The van der Waals surface area contributed by atoms with Crippen molar-refractivity contribution in [3.8, 4) is 0 Å². The van der Waals surface area contributed by atoms with Crippen LogP contribution in [0, 0.1) is 11.4 Å². The van der Waals surface area contributed by atoms with Gasteiger partial charge in [0.15, 0.2) is 16.7 Å². The summed E-state index contributed by atoms with van der Waals surface area (Å²) in [7, 11) is 0. The monoisotopic (exact) mass is 271 g/mol. The van der Waals surface area contributed by atoms with E-state index in [-0.39, 0.29) is 29.4 Å². The van der Waals surface area contributed by atoms with Crippen LogP contribution in [-0.2, 0) is 0 Å². The highest BCUT2D eigenvalue weighted by Crippen LogP contribution is 2.33. The van der Waals surface area contributed by atoms with Gasteiger partial charge in [-0.05, 0) is 12.8 Å². The second-order valence-electron chi connectivity index (χ2n) is 4.23. The lowest BCUT2D eigenvalue weighted by Crippen LogP contribution is -2.33. The third-order valence-corrected chi connectivity index (χ3v) is 3.47. The van der Waals surface area contributed by atoms with E-state index in [2.05, 4.69) is 20.4 Å². The van der Waals surface area contributed by atoms with E-state index in [1.165, 1.54) is 6.33 Å². The lowest BCUT2D eigenvalue weighted by Gasteiger charge is -2.20. The molecule has 0 saturated heterocycles. The van der Waals surface area contributed by atoms with Gasteiger partial charge < -0.3 is 15.5 Å². The van der Waals surface area contributed by atoms with Crippen molar-refractivity contribution in [2.24, 2.45) is 11.0 Å². The van der Waals surface area contributed by atoms with Crippen molar-refractivity contribution in [2.45, 2.75) is 25.0 Å². The van der Waals surface area contributed by atoms with Crippen LogP contribution in [0.5, 0.6) is 0 Å². The van der Waals surface area contributed by atoms with Gasteiger partial charge in [-0.2, -0.15) is 5.11 Å². The highest BCUT2D eigenvalue weighted by Gasteiger charge is 2.34. The minimum atomic E-state index is -0.651. The van der Waals surface area contributed by atoms with Crippen LogP contribution in [0.1, 0.15) is 12.8 Å². The molecule has 8 heteroatoms. The summed E-state index contributed by atoms with van der Waals surface area (Å²) in [5, 5.41) is 25.4. The van der Waals surface area contributed by atoms with Gasteiger partial charge in [0.2, 0.25) is 0 Å². The van der Waals surface area contributed by atoms with Crippen LogP contribution < -0.4 is 5.32 Å². The molecular weight excluding hydrogens is 258 g/mol.